The number of nitrogens with zero attached hydrogens (tertiary/aromatic N) is 3. The fraction of sp³-hybridized carbons (Fsp3) is 0.407. The molecule has 190 valence electrons. The number of aromatic nitrogens is 2. The maximum absolute atomic E-state index is 13.4. The van der Waals surface area contributed by atoms with Gasteiger partial charge in [-0.1, -0.05) is 36.0 Å². The number of ether oxygens (including phenoxy) is 1. The number of nitrogens with one attached hydrogen (secondary N) is 1. The van der Waals surface area contributed by atoms with Crippen LogP contribution in [0.4, 0.5) is 0 Å². The molecule has 2 heterocycles. The summed E-state index contributed by atoms with van der Waals surface area (Å²) in [6.07, 6.45) is 2.08. The summed E-state index contributed by atoms with van der Waals surface area (Å²) in [5, 5.41) is 3.95. The molecular weight excluding hydrogens is 476 g/mol. The zero-order chi connectivity index (χ0) is 25.5. The van der Waals surface area contributed by atoms with E-state index >= 15 is 0 Å². The Morgan fingerprint density at radius 2 is 1.89 bits per heavy atom. The lowest BCUT2D eigenvalue weighted by molar-refractivity contribution is -0.127. The summed E-state index contributed by atoms with van der Waals surface area (Å²) in [6.45, 7) is 6.72. The van der Waals surface area contributed by atoms with Crippen molar-refractivity contribution in [1.29, 1.82) is 0 Å². The normalized spacial score (nSPS) is 15.2. The molecule has 2 aromatic carbocycles. The Balaban J connectivity index is 1.52. The molecule has 1 fully saturated rings. The molecule has 1 saturated heterocycles. The van der Waals surface area contributed by atoms with Gasteiger partial charge in [0.25, 0.3) is 11.5 Å². The number of carbonyl (C=O) groups is 2. The highest BCUT2D eigenvalue weighted by atomic mass is 32.2. The van der Waals surface area contributed by atoms with Crippen LogP contribution in [0.2, 0.25) is 0 Å². The molecule has 36 heavy (non-hydrogen) atoms. The molecule has 2 amide bonds. The molecule has 1 atom stereocenters. The Bertz CT molecular complexity index is 1260. The Kier molecular flexibility index (Phi) is 8.77. The molecule has 1 N–H and O–H groups in total. The van der Waals surface area contributed by atoms with Gasteiger partial charge in [-0.3, -0.25) is 19.0 Å². The van der Waals surface area contributed by atoms with Crippen molar-refractivity contribution in [2.75, 3.05) is 32.0 Å². The molecule has 8 nitrogen and oxygen atoms in total. The third kappa shape index (κ3) is 6.14. The first-order chi connectivity index (χ1) is 17.5. The molecule has 0 bridgehead atoms. The zero-order valence-electron chi connectivity index (χ0n) is 20.7. The number of para-hydroxylation sites is 1. The van der Waals surface area contributed by atoms with Crippen molar-refractivity contribution in [3.8, 4) is 0 Å². The molecule has 9 heteroatoms. The zero-order valence-corrected chi connectivity index (χ0v) is 21.6. The van der Waals surface area contributed by atoms with Gasteiger partial charge < -0.3 is 15.0 Å². The number of amides is 2. The molecule has 0 aliphatic carbocycles. The molecule has 1 aromatic heterocycles. The first-order valence-corrected chi connectivity index (χ1v) is 13.4. The van der Waals surface area contributed by atoms with Crippen LogP contribution >= 0.6 is 11.8 Å². The van der Waals surface area contributed by atoms with Crippen molar-refractivity contribution in [3.63, 3.8) is 0 Å². The highest BCUT2D eigenvalue weighted by Gasteiger charge is 2.18. The van der Waals surface area contributed by atoms with Crippen LogP contribution in [-0.2, 0) is 16.1 Å². The topological polar surface area (TPSA) is 93.5 Å². The van der Waals surface area contributed by atoms with Crippen LogP contribution < -0.4 is 10.9 Å². The molecule has 0 spiro atoms. The number of thioether (sulfide) groups is 1. The van der Waals surface area contributed by atoms with E-state index in [1.54, 1.807) is 33.7 Å². The lowest BCUT2D eigenvalue weighted by Gasteiger charge is -2.19. The van der Waals surface area contributed by atoms with Crippen molar-refractivity contribution in [3.05, 3.63) is 70.0 Å². The summed E-state index contributed by atoms with van der Waals surface area (Å²) in [5.74, 6) is 0.0705. The van der Waals surface area contributed by atoms with Crippen molar-refractivity contribution >= 4 is 34.5 Å². The van der Waals surface area contributed by atoms with E-state index in [2.05, 4.69) is 5.32 Å². The lowest BCUT2D eigenvalue weighted by atomic mass is 10.1. The SMILES string of the molecule is CCN(CC)C(=O)CSc1nc2ccccc2c(=O)n1Cc1ccc(C(=O)NC[C@H]2CCCO2)cc1. The smallest absolute Gasteiger partial charge is 0.262 e. The van der Waals surface area contributed by atoms with E-state index in [9.17, 15) is 14.4 Å². The maximum atomic E-state index is 13.4. The number of benzene rings is 2. The largest absolute Gasteiger partial charge is 0.376 e. The summed E-state index contributed by atoms with van der Waals surface area (Å²) < 4.78 is 7.17. The van der Waals surface area contributed by atoms with Gasteiger partial charge in [-0.2, -0.15) is 0 Å². The van der Waals surface area contributed by atoms with E-state index in [0.717, 1.165) is 25.0 Å². The van der Waals surface area contributed by atoms with E-state index in [4.69, 9.17) is 9.72 Å². The number of hydrogen-bond acceptors (Lipinski definition) is 6. The average molecular weight is 509 g/mol. The predicted octanol–water partition coefficient (Wildman–Crippen LogP) is 3.31. The van der Waals surface area contributed by atoms with Crippen LogP contribution in [0.3, 0.4) is 0 Å². The predicted molar refractivity (Wildman–Crippen MR) is 142 cm³/mol. The molecule has 0 radical (unpaired) electrons. The highest BCUT2D eigenvalue weighted by molar-refractivity contribution is 7.99. The Morgan fingerprint density at radius 3 is 2.58 bits per heavy atom. The third-order valence-electron chi connectivity index (χ3n) is 6.34. The quantitative estimate of drug-likeness (QED) is 0.334. The minimum Gasteiger partial charge on any atom is -0.376 e. The number of fused-ring (bicyclic) bond motifs is 1. The van der Waals surface area contributed by atoms with E-state index in [-0.39, 0.29) is 35.8 Å². The van der Waals surface area contributed by atoms with Crippen LogP contribution in [0.15, 0.2) is 58.5 Å². The fourth-order valence-corrected chi connectivity index (χ4v) is 5.15. The molecule has 1 aliphatic rings. The Morgan fingerprint density at radius 1 is 1.14 bits per heavy atom. The van der Waals surface area contributed by atoms with Gasteiger partial charge in [0.05, 0.1) is 29.3 Å². The summed E-state index contributed by atoms with van der Waals surface area (Å²) in [5.41, 5.74) is 1.87. The van der Waals surface area contributed by atoms with Crippen LogP contribution in [-0.4, -0.2) is 64.4 Å². The van der Waals surface area contributed by atoms with Gasteiger partial charge in [-0.25, -0.2) is 4.98 Å². The Labute approximate surface area is 215 Å². The van der Waals surface area contributed by atoms with Crippen LogP contribution in [0, 0.1) is 0 Å². The first-order valence-electron chi connectivity index (χ1n) is 12.4. The van der Waals surface area contributed by atoms with Crippen molar-refractivity contribution < 1.29 is 14.3 Å². The highest BCUT2D eigenvalue weighted by Crippen LogP contribution is 2.20. The van der Waals surface area contributed by atoms with E-state index < -0.39 is 0 Å². The molecule has 0 saturated carbocycles. The van der Waals surface area contributed by atoms with Gasteiger partial charge in [0, 0.05) is 31.8 Å². The van der Waals surface area contributed by atoms with Crippen LogP contribution in [0.5, 0.6) is 0 Å². The second-order valence-electron chi connectivity index (χ2n) is 8.70. The minimum absolute atomic E-state index is 0.0114. The summed E-state index contributed by atoms with van der Waals surface area (Å²) >= 11 is 1.27. The second-order valence-corrected chi connectivity index (χ2v) is 9.64. The second kappa shape index (κ2) is 12.2. The molecule has 3 aromatic rings. The van der Waals surface area contributed by atoms with Gasteiger partial charge in [0.15, 0.2) is 5.16 Å². The monoisotopic (exact) mass is 508 g/mol. The number of carbonyl (C=O) groups excluding carboxylic acids is 2. The van der Waals surface area contributed by atoms with Crippen LogP contribution in [0.25, 0.3) is 10.9 Å². The van der Waals surface area contributed by atoms with E-state index in [1.165, 1.54) is 11.8 Å². The maximum Gasteiger partial charge on any atom is 0.262 e. The van der Waals surface area contributed by atoms with Crippen molar-refractivity contribution in [1.82, 2.24) is 19.8 Å². The molecule has 4 rings (SSSR count). The average Bonchev–Trinajstić information content (AvgIpc) is 3.43. The van der Waals surface area contributed by atoms with E-state index in [1.807, 2.05) is 38.1 Å². The summed E-state index contributed by atoms with van der Waals surface area (Å²) in [4.78, 5) is 44.9. The Hall–Kier alpha value is -3.17. The molecule has 0 unspecified atom stereocenters. The van der Waals surface area contributed by atoms with Crippen molar-refractivity contribution in [2.24, 2.45) is 0 Å². The first kappa shape index (κ1) is 25.9. The van der Waals surface area contributed by atoms with Gasteiger partial charge in [0.2, 0.25) is 5.91 Å². The van der Waals surface area contributed by atoms with Gasteiger partial charge >= 0.3 is 0 Å². The third-order valence-corrected chi connectivity index (χ3v) is 7.30. The van der Waals surface area contributed by atoms with Crippen molar-refractivity contribution in [2.45, 2.75) is 44.5 Å². The molecule has 1 aliphatic heterocycles. The minimum atomic E-state index is -0.156. The molecular formula is C27H32N4O4S. The van der Waals surface area contributed by atoms with Crippen LogP contribution in [0.1, 0.15) is 42.6 Å². The van der Waals surface area contributed by atoms with Gasteiger partial charge in [0.1, 0.15) is 0 Å². The lowest BCUT2D eigenvalue weighted by Crippen LogP contribution is -2.32. The fourth-order valence-electron chi connectivity index (χ4n) is 4.25. The number of hydrogen-bond donors (Lipinski definition) is 1. The van der Waals surface area contributed by atoms with Gasteiger partial charge in [-0.15, -0.1) is 0 Å². The standard InChI is InChI=1S/C27H32N4O4S/c1-3-30(4-2)24(32)18-36-27-29-23-10-6-5-9-22(23)26(34)31(27)17-19-11-13-20(14-12-19)25(33)28-16-21-8-7-15-35-21/h5-6,9-14,21H,3-4,7-8,15-18H2,1-2H3,(H,28,33)/t21-/m1/s1. The summed E-state index contributed by atoms with van der Waals surface area (Å²) in [7, 11) is 0. The van der Waals surface area contributed by atoms with E-state index in [0.29, 0.717) is 41.3 Å². The summed E-state index contributed by atoms with van der Waals surface area (Å²) in [6, 6.07) is 14.4. The number of rotatable bonds is 10. The van der Waals surface area contributed by atoms with Gasteiger partial charge in [-0.05, 0) is 56.5 Å².